The number of aromatic amines is 1. The van der Waals surface area contributed by atoms with E-state index in [1.807, 2.05) is 13.1 Å². The zero-order chi connectivity index (χ0) is 12.8. The van der Waals surface area contributed by atoms with Gasteiger partial charge in [-0.05, 0) is 32.3 Å². The first-order valence-electron chi connectivity index (χ1n) is 6.52. The molecule has 0 aliphatic carbocycles. The van der Waals surface area contributed by atoms with Crippen molar-refractivity contribution in [1.29, 1.82) is 0 Å². The van der Waals surface area contributed by atoms with Gasteiger partial charge in [0, 0.05) is 24.5 Å². The Morgan fingerprint density at radius 1 is 1.28 bits per heavy atom. The number of H-pyrrole nitrogens is 1. The lowest BCUT2D eigenvalue weighted by atomic mass is 10.1. The number of benzene rings is 1. The molecule has 0 radical (unpaired) electrons. The highest BCUT2D eigenvalue weighted by Crippen LogP contribution is 2.05. The Morgan fingerprint density at radius 2 is 2.06 bits per heavy atom. The van der Waals surface area contributed by atoms with Crippen molar-refractivity contribution in [3.63, 3.8) is 0 Å². The predicted molar refractivity (Wildman–Crippen MR) is 74.4 cm³/mol. The van der Waals surface area contributed by atoms with Crippen molar-refractivity contribution in [3.8, 4) is 0 Å². The molecule has 0 saturated carbocycles. The zero-order valence-electron chi connectivity index (χ0n) is 11.1. The number of hydrogen-bond donors (Lipinski definition) is 2. The Hall–Kier alpha value is -1.61. The number of nitrogens with zero attached hydrogens (tertiary/aromatic N) is 1. The molecule has 3 nitrogen and oxygen atoms in total. The number of aryl methyl sites for hydroxylation is 2. The molecule has 96 valence electrons. The molecule has 1 unspecified atom stereocenters. The molecular weight excluding hydrogens is 222 g/mol. The van der Waals surface area contributed by atoms with Crippen LogP contribution in [0.4, 0.5) is 0 Å². The van der Waals surface area contributed by atoms with Gasteiger partial charge in [-0.25, -0.2) is 4.98 Å². The van der Waals surface area contributed by atoms with Gasteiger partial charge in [-0.15, -0.1) is 0 Å². The second kappa shape index (κ2) is 6.36. The molecule has 0 saturated heterocycles. The summed E-state index contributed by atoms with van der Waals surface area (Å²) in [5.74, 6) is 0.976. The predicted octanol–water partition coefficient (Wildman–Crippen LogP) is 2.83. The summed E-state index contributed by atoms with van der Waals surface area (Å²) in [7, 11) is 0. The van der Waals surface area contributed by atoms with Crippen LogP contribution in [0.1, 0.15) is 30.4 Å². The van der Waals surface area contributed by atoms with Gasteiger partial charge < -0.3 is 10.3 Å². The molecule has 0 bridgehead atoms. The number of aromatic nitrogens is 2. The molecule has 2 aromatic rings. The first-order valence-corrected chi connectivity index (χ1v) is 6.52. The number of hydrogen-bond acceptors (Lipinski definition) is 2. The quantitative estimate of drug-likeness (QED) is 0.819. The molecular formula is C15H21N3. The summed E-state index contributed by atoms with van der Waals surface area (Å²) in [4.78, 5) is 7.42. The third-order valence-corrected chi connectivity index (χ3v) is 3.11. The Bertz CT molecular complexity index is 462. The first-order chi connectivity index (χ1) is 8.74. The van der Waals surface area contributed by atoms with Crippen LogP contribution in [0.5, 0.6) is 0 Å². The largest absolute Gasteiger partial charge is 0.345 e. The minimum atomic E-state index is 0.508. The van der Waals surface area contributed by atoms with Crippen LogP contribution < -0.4 is 5.32 Å². The Kier molecular flexibility index (Phi) is 4.53. The standard InChI is InChI=1S/C15H21N3/c1-12(8-9-14-6-4-3-5-7-14)16-10-15-11-17-13(2)18-15/h3-7,11-12,16H,8-10H2,1-2H3,(H,17,18). The topological polar surface area (TPSA) is 40.7 Å². The van der Waals surface area contributed by atoms with Crippen LogP contribution in [0.3, 0.4) is 0 Å². The van der Waals surface area contributed by atoms with Crippen molar-refractivity contribution in [1.82, 2.24) is 15.3 Å². The van der Waals surface area contributed by atoms with E-state index in [1.54, 1.807) is 0 Å². The smallest absolute Gasteiger partial charge is 0.103 e. The van der Waals surface area contributed by atoms with E-state index in [9.17, 15) is 0 Å². The van der Waals surface area contributed by atoms with Crippen LogP contribution in [-0.2, 0) is 13.0 Å². The van der Waals surface area contributed by atoms with Crippen molar-refractivity contribution < 1.29 is 0 Å². The van der Waals surface area contributed by atoms with Crippen LogP contribution in [0.25, 0.3) is 0 Å². The highest BCUT2D eigenvalue weighted by atomic mass is 15.0. The van der Waals surface area contributed by atoms with Crippen molar-refractivity contribution in [2.45, 2.75) is 39.3 Å². The molecule has 0 aliphatic heterocycles. The molecule has 0 spiro atoms. The van der Waals surface area contributed by atoms with Gasteiger partial charge in [-0.1, -0.05) is 30.3 Å². The lowest BCUT2D eigenvalue weighted by molar-refractivity contribution is 0.510. The van der Waals surface area contributed by atoms with Crippen LogP contribution >= 0.6 is 0 Å². The van der Waals surface area contributed by atoms with Gasteiger partial charge in [-0.3, -0.25) is 0 Å². The van der Waals surface area contributed by atoms with E-state index in [2.05, 4.69) is 52.5 Å². The molecule has 1 aromatic heterocycles. The van der Waals surface area contributed by atoms with Crippen LogP contribution in [0.2, 0.25) is 0 Å². The summed E-state index contributed by atoms with van der Waals surface area (Å²) in [5.41, 5.74) is 2.56. The van der Waals surface area contributed by atoms with E-state index < -0.39 is 0 Å². The molecule has 1 atom stereocenters. The highest BCUT2D eigenvalue weighted by Gasteiger charge is 2.03. The van der Waals surface area contributed by atoms with Crippen molar-refractivity contribution in [2.24, 2.45) is 0 Å². The molecule has 1 heterocycles. The summed E-state index contributed by atoms with van der Waals surface area (Å²) in [6, 6.07) is 11.1. The van der Waals surface area contributed by atoms with Gasteiger partial charge >= 0.3 is 0 Å². The van der Waals surface area contributed by atoms with Crippen LogP contribution in [0, 0.1) is 6.92 Å². The lowest BCUT2D eigenvalue weighted by Gasteiger charge is -2.12. The van der Waals surface area contributed by atoms with Crippen molar-refractivity contribution in [3.05, 3.63) is 53.6 Å². The van der Waals surface area contributed by atoms with Crippen molar-refractivity contribution >= 4 is 0 Å². The summed E-state index contributed by atoms with van der Waals surface area (Å²) in [6.45, 7) is 5.06. The molecule has 0 amide bonds. The molecule has 2 N–H and O–H groups in total. The highest BCUT2D eigenvalue weighted by molar-refractivity contribution is 5.14. The van der Waals surface area contributed by atoms with Gasteiger partial charge in [0.2, 0.25) is 0 Å². The molecule has 1 aromatic carbocycles. The average molecular weight is 243 g/mol. The zero-order valence-corrected chi connectivity index (χ0v) is 11.1. The monoisotopic (exact) mass is 243 g/mol. The maximum absolute atomic E-state index is 4.19. The maximum atomic E-state index is 4.19. The Balaban J connectivity index is 1.71. The van der Waals surface area contributed by atoms with Gasteiger partial charge in [0.15, 0.2) is 0 Å². The molecule has 3 heteroatoms. The second-order valence-corrected chi connectivity index (χ2v) is 4.80. The minimum absolute atomic E-state index is 0.508. The number of imidazole rings is 1. The Morgan fingerprint density at radius 3 is 2.72 bits per heavy atom. The molecule has 2 rings (SSSR count). The molecule has 0 aliphatic rings. The number of rotatable bonds is 6. The van der Waals surface area contributed by atoms with E-state index in [1.165, 1.54) is 5.56 Å². The van der Waals surface area contributed by atoms with E-state index in [-0.39, 0.29) is 0 Å². The van der Waals surface area contributed by atoms with Gasteiger partial charge in [0.05, 0.1) is 0 Å². The van der Waals surface area contributed by atoms with Gasteiger partial charge in [0.25, 0.3) is 0 Å². The Labute approximate surface area is 109 Å². The van der Waals surface area contributed by atoms with E-state index >= 15 is 0 Å². The third-order valence-electron chi connectivity index (χ3n) is 3.11. The third kappa shape index (κ3) is 4.00. The minimum Gasteiger partial charge on any atom is -0.345 e. The summed E-state index contributed by atoms with van der Waals surface area (Å²) < 4.78 is 0. The fourth-order valence-corrected chi connectivity index (χ4v) is 1.98. The lowest BCUT2D eigenvalue weighted by Crippen LogP contribution is -2.26. The fraction of sp³-hybridized carbons (Fsp3) is 0.400. The molecule has 18 heavy (non-hydrogen) atoms. The SMILES string of the molecule is Cc1ncc(CNC(C)CCc2ccccc2)[nH]1. The fourth-order valence-electron chi connectivity index (χ4n) is 1.98. The summed E-state index contributed by atoms with van der Waals surface area (Å²) >= 11 is 0. The van der Waals surface area contributed by atoms with Gasteiger partial charge in [0.1, 0.15) is 5.82 Å². The molecule has 0 fully saturated rings. The maximum Gasteiger partial charge on any atom is 0.103 e. The van der Waals surface area contributed by atoms with E-state index in [0.29, 0.717) is 6.04 Å². The van der Waals surface area contributed by atoms with E-state index in [0.717, 1.165) is 30.9 Å². The second-order valence-electron chi connectivity index (χ2n) is 4.80. The van der Waals surface area contributed by atoms with Crippen LogP contribution in [-0.4, -0.2) is 16.0 Å². The van der Waals surface area contributed by atoms with Crippen molar-refractivity contribution in [2.75, 3.05) is 0 Å². The average Bonchev–Trinajstić information content (AvgIpc) is 2.81. The van der Waals surface area contributed by atoms with Crippen LogP contribution in [0.15, 0.2) is 36.5 Å². The summed E-state index contributed by atoms with van der Waals surface area (Å²) in [5, 5.41) is 3.51. The van der Waals surface area contributed by atoms with E-state index in [4.69, 9.17) is 0 Å². The normalized spacial score (nSPS) is 12.6. The number of nitrogens with one attached hydrogen (secondary N) is 2. The summed E-state index contributed by atoms with van der Waals surface area (Å²) in [6.07, 6.45) is 4.17. The van der Waals surface area contributed by atoms with Gasteiger partial charge in [-0.2, -0.15) is 0 Å². The first kappa shape index (κ1) is 12.8.